The first kappa shape index (κ1) is 6.96. The van der Waals surface area contributed by atoms with E-state index in [0.717, 1.165) is 0 Å². The molecule has 0 aliphatic carbocycles. The molecule has 0 radical (unpaired) electrons. The van der Waals surface area contributed by atoms with E-state index in [1.807, 2.05) is 0 Å². The van der Waals surface area contributed by atoms with E-state index in [4.69, 9.17) is 12.2 Å². The second kappa shape index (κ2) is 9.28. The zero-order valence-corrected chi connectivity index (χ0v) is 6.64. The predicted octanol–water partition coefficient (Wildman–Crippen LogP) is 0.985. The summed E-state index contributed by atoms with van der Waals surface area (Å²) in [7, 11) is 0. The average molecular weight is 164 g/mol. The van der Waals surface area contributed by atoms with Gasteiger partial charge in [0.2, 0.25) is 0 Å². The van der Waals surface area contributed by atoms with Gasteiger partial charge in [0.1, 0.15) is 12.2 Å². The lowest BCUT2D eigenvalue weighted by Gasteiger charge is -1.86. The molecule has 0 aromatic heterocycles. The fraction of sp³-hybridized carbons (Fsp3) is 0.400. The smallest absolute Gasteiger partial charge is 0.160 e. The third-order valence-corrected chi connectivity index (χ3v) is 0.702. The molecule has 0 fully saturated rings. The van der Waals surface area contributed by atoms with Gasteiger partial charge in [0.05, 0.1) is 0 Å². The fourth-order valence-electron chi connectivity index (χ4n) is 0.348. The van der Waals surface area contributed by atoms with Crippen LogP contribution in [0.4, 0.5) is 0 Å². The molecule has 0 heterocycles. The van der Waals surface area contributed by atoms with Crippen LogP contribution in [0.15, 0.2) is 0 Å². The van der Waals surface area contributed by atoms with Gasteiger partial charge in [0.25, 0.3) is 0 Å². The van der Waals surface area contributed by atoms with Gasteiger partial charge in [-0.05, 0) is 0 Å². The van der Waals surface area contributed by atoms with Crippen molar-refractivity contribution in [2.24, 2.45) is 0 Å². The van der Waals surface area contributed by atoms with Crippen LogP contribution in [-0.2, 0) is 9.47 Å². The summed E-state index contributed by atoms with van der Waals surface area (Å²) in [4.78, 5) is 0. The van der Waals surface area contributed by atoms with Crippen LogP contribution in [-0.4, -0.2) is 13.2 Å². The molecule has 0 aromatic rings. The summed E-state index contributed by atoms with van der Waals surface area (Å²) in [6.07, 6.45) is 4.63. The average Bonchev–Trinajstić information content (AvgIpc) is 2.21. The van der Waals surface area contributed by atoms with Crippen LogP contribution in [0.3, 0.4) is 0 Å². The number of hydrogen-bond acceptors (Lipinski definition) is 2. The summed E-state index contributed by atoms with van der Waals surface area (Å²) >= 11 is 0. The largest absolute Gasteiger partial charge is 0.433 e. The van der Waals surface area contributed by atoms with E-state index in [1.165, 1.54) is 0 Å². The molecular formula is C10H10O2. The van der Waals surface area contributed by atoms with Crippen LogP contribution >= 0.6 is 0 Å². The summed E-state index contributed by atoms with van der Waals surface area (Å²) in [5.74, 6) is 10.1. The highest BCUT2D eigenvalue weighted by Crippen LogP contribution is 1.69. The zero-order valence-electron chi connectivity index (χ0n) is 8.64. The van der Waals surface area contributed by atoms with Gasteiger partial charge in [-0.2, -0.15) is 0 Å². The molecule has 0 amide bonds. The molecule has 2 heteroatoms. The number of ether oxygens (including phenoxy) is 2. The second-order valence-corrected chi connectivity index (χ2v) is 1.49. The molecule has 0 saturated heterocycles. The molecule has 0 aromatic carbocycles. The van der Waals surface area contributed by atoms with Crippen molar-refractivity contribution < 1.29 is 12.2 Å². The first-order chi connectivity index (χ1) is 6.91. The third kappa shape index (κ3) is 8.28. The van der Waals surface area contributed by atoms with Crippen LogP contribution in [0.5, 0.6) is 0 Å². The molecule has 2 nitrogen and oxygen atoms in total. The van der Waals surface area contributed by atoms with Gasteiger partial charge in [-0.25, -0.2) is 0 Å². The van der Waals surface area contributed by atoms with Crippen LogP contribution in [0.25, 0.3) is 0 Å². The lowest BCUT2D eigenvalue weighted by atomic mass is 10.6. The molecule has 62 valence electrons. The summed E-state index contributed by atoms with van der Waals surface area (Å²) in [6, 6.07) is 0. The minimum absolute atomic E-state index is 0.0270. The molecular weight excluding hydrogens is 152 g/mol. The van der Waals surface area contributed by atoms with Gasteiger partial charge in [-0.1, -0.05) is 23.7 Å². The molecule has 0 unspecified atom stereocenters. The van der Waals surface area contributed by atoms with E-state index >= 15 is 0 Å². The summed E-state index contributed by atoms with van der Waals surface area (Å²) in [5, 5.41) is 0. The van der Waals surface area contributed by atoms with Crippen LogP contribution in [0.1, 0.15) is 16.5 Å². The maximum atomic E-state index is 6.67. The van der Waals surface area contributed by atoms with Gasteiger partial charge >= 0.3 is 0 Å². The summed E-state index contributed by atoms with van der Waals surface area (Å²) in [6.45, 7) is 0.447. The molecule has 0 atom stereocenters. The van der Waals surface area contributed by atoms with Gasteiger partial charge in [0.15, 0.2) is 13.2 Å². The third-order valence-electron chi connectivity index (χ3n) is 0.702. The molecule has 0 aliphatic heterocycles. The molecule has 0 bridgehead atoms. The summed E-state index contributed by atoms with van der Waals surface area (Å²) < 4.78 is 22.8. The van der Waals surface area contributed by atoms with Crippen molar-refractivity contribution in [1.82, 2.24) is 0 Å². The van der Waals surface area contributed by atoms with Gasteiger partial charge in [0, 0.05) is 16.5 Å². The van der Waals surface area contributed by atoms with Crippen LogP contribution in [0.2, 0.25) is 0 Å². The van der Waals surface area contributed by atoms with Crippen LogP contribution < -0.4 is 0 Å². The van der Waals surface area contributed by atoms with E-state index in [-0.39, 0.29) is 27.0 Å². The minimum atomic E-state index is 0.0270. The van der Waals surface area contributed by atoms with E-state index in [2.05, 4.69) is 35.9 Å². The van der Waals surface area contributed by atoms with Crippen molar-refractivity contribution in [3.05, 3.63) is 0 Å². The predicted molar refractivity (Wildman–Crippen MR) is 46.6 cm³/mol. The standard InChI is InChI=1S/C10H10O2/c1-3-7-11-9-5-6-10-12-8-4-2/h9-10H2,1-2H3/i1D,2D. The molecule has 0 saturated carbocycles. The monoisotopic (exact) mass is 164 g/mol. The molecule has 0 spiro atoms. The van der Waals surface area contributed by atoms with E-state index in [1.54, 1.807) is 0 Å². The van der Waals surface area contributed by atoms with E-state index < -0.39 is 0 Å². The molecule has 12 heavy (non-hydrogen) atoms. The van der Waals surface area contributed by atoms with E-state index in [0.29, 0.717) is 0 Å². The molecule has 0 rings (SSSR count). The van der Waals surface area contributed by atoms with Crippen molar-refractivity contribution in [1.29, 1.82) is 0 Å². The van der Waals surface area contributed by atoms with Crippen LogP contribution in [0, 0.1) is 35.9 Å². The number of rotatable bonds is 2. The van der Waals surface area contributed by atoms with Crippen molar-refractivity contribution in [2.75, 3.05) is 13.2 Å². The Balaban J connectivity index is 3.35. The maximum absolute atomic E-state index is 6.67. The Labute approximate surface area is 76.1 Å². The first-order valence-corrected chi connectivity index (χ1v) is 3.15. The normalized spacial score (nSPS) is 8.00. The zero-order chi connectivity index (χ0) is 10.5. The Bertz CT molecular complexity index is 276. The van der Waals surface area contributed by atoms with Gasteiger partial charge < -0.3 is 9.47 Å². The fourth-order valence-corrected chi connectivity index (χ4v) is 0.348. The Hall–Kier alpha value is -1.72. The number of hydrogen-bond donors (Lipinski definition) is 0. The van der Waals surface area contributed by atoms with Gasteiger partial charge in [-0.15, -0.1) is 0 Å². The van der Waals surface area contributed by atoms with Gasteiger partial charge in [-0.3, -0.25) is 0 Å². The van der Waals surface area contributed by atoms with E-state index in [9.17, 15) is 0 Å². The maximum Gasteiger partial charge on any atom is 0.160 e. The highest BCUT2D eigenvalue weighted by atomic mass is 16.5. The van der Waals surface area contributed by atoms with Crippen molar-refractivity contribution >= 4 is 0 Å². The molecule has 0 aliphatic rings. The minimum Gasteiger partial charge on any atom is -0.433 e. The topological polar surface area (TPSA) is 18.5 Å². The Morgan fingerprint density at radius 3 is 1.92 bits per heavy atom. The lowest BCUT2D eigenvalue weighted by Crippen LogP contribution is -1.85. The van der Waals surface area contributed by atoms with Crippen molar-refractivity contribution in [3.63, 3.8) is 0 Å². The lowest BCUT2D eigenvalue weighted by molar-refractivity contribution is 0.320. The second-order valence-electron chi connectivity index (χ2n) is 1.49. The Morgan fingerprint density at radius 2 is 1.50 bits per heavy atom. The summed E-state index contributed by atoms with van der Waals surface area (Å²) in [5.41, 5.74) is 0. The van der Waals surface area contributed by atoms with Crippen molar-refractivity contribution in [2.45, 2.75) is 13.8 Å². The molecule has 0 N–H and O–H groups in total. The Morgan fingerprint density at radius 1 is 1.00 bits per heavy atom. The SMILES string of the molecule is [2H]CC#COCC#CCOC#CC[2H]. The highest BCUT2D eigenvalue weighted by Gasteiger charge is 1.72. The Kier molecular flexibility index (Phi) is 5.38. The van der Waals surface area contributed by atoms with Crippen molar-refractivity contribution in [3.8, 4) is 35.9 Å². The highest BCUT2D eigenvalue weighted by molar-refractivity contribution is 5.01. The first-order valence-electron chi connectivity index (χ1n) is 4.56. The quantitative estimate of drug-likeness (QED) is 0.447.